The molecule has 0 aliphatic carbocycles. The number of nitrogens with zero attached hydrogens (tertiary/aromatic N) is 1. The maximum Gasteiger partial charge on any atom is 0.328 e. The summed E-state index contributed by atoms with van der Waals surface area (Å²) < 4.78 is 11.6. The van der Waals surface area contributed by atoms with E-state index in [1.807, 2.05) is 30.3 Å². The number of likely N-dealkylation sites (N-methyl/N-ethyl adjacent to an activating group) is 1. The van der Waals surface area contributed by atoms with E-state index in [9.17, 15) is 9.59 Å². The van der Waals surface area contributed by atoms with Crippen molar-refractivity contribution in [1.29, 1.82) is 0 Å². The molecule has 1 amide bonds. The lowest BCUT2D eigenvalue weighted by atomic mass is 9.91. The molecule has 0 unspecified atom stereocenters. The molecule has 2 atom stereocenters. The highest BCUT2D eigenvalue weighted by Gasteiger charge is 2.57. The summed E-state index contributed by atoms with van der Waals surface area (Å²) in [4.78, 5) is 27.0. The zero-order valence-electron chi connectivity index (χ0n) is 17.0. The molecule has 0 saturated carbocycles. The minimum Gasteiger partial charge on any atom is -0.467 e. The predicted octanol–water partition coefficient (Wildman–Crippen LogP) is 3.39. The van der Waals surface area contributed by atoms with Gasteiger partial charge in [-0.05, 0) is 23.7 Å². The second-order valence-corrected chi connectivity index (χ2v) is 13.4. The normalized spacial score (nSPS) is 24.0. The van der Waals surface area contributed by atoms with Gasteiger partial charge in [-0.3, -0.25) is 4.79 Å². The molecule has 1 aromatic carbocycles. The van der Waals surface area contributed by atoms with Crippen molar-refractivity contribution in [2.75, 3.05) is 14.2 Å². The summed E-state index contributed by atoms with van der Waals surface area (Å²) in [5, 5.41) is -0.0428. The quantitative estimate of drug-likeness (QED) is 0.583. The second kappa shape index (κ2) is 7.16. The van der Waals surface area contributed by atoms with E-state index in [-0.39, 0.29) is 10.9 Å². The number of rotatable bonds is 5. The first kappa shape index (κ1) is 20.6. The van der Waals surface area contributed by atoms with Crippen LogP contribution in [0.5, 0.6) is 0 Å². The molecule has 1 aromatic rings. The minimum absolute atomic E-state index is 0.0428. The average Bonchev–Trinajstić information content (AvgIpc) is 2.79. The zero-order valence-corrected chi connectivity index (χ0v) is 18.0. The van der Waals surface area contributed by atoms with Gasteiger partial charge in [-0.15, -0.1) is 0 Å². The molecule has 0 bridgehead atoms. The van der Waals surface area contributed by atoms with E-state index in [1.165, 1.54) is 12.0 Å². The number of benzene rings is 1. The van der Waals surface area contributed by atoms with Crippen LogP contribution in [0.25, 0.3) is 0 Å². The Balaban J connectivity index is 2.46. The molecule has 0 N–H and O–H groups in total. The monoisotopic (exact) mass is 377 g/mol. The summed E-state index contributed by atoms with van der Waals surface area (Å²) in [6, 6.07) is 9.24. The fraction of sp³-hybridized carbons (Fsp3) is 0.600. The summed E-state index contributed by atoms with van der Waals surface area (Å²) >= 11 is 0. The summed E-state index contributed by atoms with van der Waals surface area (Å²) in [6.07, 6.45) is 0.771. The molecule has 5 nitrogen and oxygen atoms in total. The van der Waals surface area contributed by atoms with Gasteiger partial charge in [0.1, 0.15) is 11.6 Å². The lowest BCUT2D eigenvalue weighted by molar-refractivity contribution is -0.149. The van der Waals surface area contributed by atoms with E-state index < -0.39 is 25.9 Å². The molecular formula is C20H31NO4Si. The van der Waals surface area contributed by atoms with Gasteiger partial charge in [-0.1, -0.05) is 51.1 Å². The standard InChI is InChI=1S/C20H31NO4Si/c1-19(2,3)26(6,7)25-20(13-15-11-9-8-10-12-15)14-16(17(22)24-5)21(4)18(20)23/h8-12,16H,13-14H2,1-7H3/t16-,20-/m1/s1. The van der Waals surface area contributed by atoms with Gasteiger partial charge in [-0.2, -0.15) is 0 Å². The number of carbonyl (C=O) groups excluding carboxylic acids is 2. The molecule has 0 aromatic heterocycles. The molecule has 144 valence electrons. The van der Waals surface area contributed by atoms with Gasteiger partial charge in [0.15, 0.2) is 8.32 Å². The predicted molar refractivity (Wildman–Crippen MR) is 104 cm³/mol. The van der Waals surface area contributed by atoms with Gasteiger partial charge < -0.3 is 14.1 Å². The van der Waals surface area contributed by atoms with Crippen LogP contribution in [0.15, 0.2) is 30.3 Å². The van der Waals surface area contributed by atoms with E-state index in [2.05, 4.69) is 33.9 Å². The van der Waals surface area contributed by atoms with Crippen LogP contribution in [-0.2, 0) is 25.2 Å². The highest BCUT2D eigenvalue weighted by molar-refractivity contribution is 6.74. The fourth-order valence-electron chi connectivity index (χ4n) is 3.21. The molecule has 0 spiro atoms. The molecule has 0 radical (unpaired) electrons. The lowest BCUT2D eigenvalue weighted by Crippen LogP contribution is -2.54. The molecule has 1 saturated heterocycles. The van der Waals surface area contributed by atoms with Crippen LogP contribution in [0.4, 0.5) is 0 Å². The van der Waals surface area contributed by atoms with Crippen LogP contribution in [0.1, 0.15) is 32.8 Å². The van der Waals surface area contributed by atoms with E-state index in [4.69, 9.17) is 9.16 Å². The van der Waals surface area contributed by atoms with Crippen molar-refractivity contribution >= 4 is 20.2 Å². The molecule has 1 aliphatic rings. The summed E-state index contributed by atoms with van der Waals surface area (Å²) in [5.74, 6) is -0.531. The third kappa shape index (κ3) is 3.86. The first-order chi connectivity index (χ1) is 11.9. The van der Waals surface area contributed by atoms with Crippen LogP contribution in [0.3, 0.4) is 0 Å². The number of esters is 1. The smallest absolute Gasteiger partial charge is 0.328 e. The number of amides is 1. The third-order valence-corrected chi connectivity index (χ3v) is 10.3. The Labute approximate surface area is 157 Å². The first-order valence-corrected chi connectivity index (χ1v) is 11.9. The van der Waals surface area contributed by atoms with Crippen LogP contribution in [-0.4, -0.2) is 50.9 Å². The topological polar surface area (TPSA) is 55.8 Å². The van der Waals surface area contributed by atoms with Gasteiger partial charge in [0, 0.05) is 19.9 Å². The van der Waals surface area contributed by atoms with Crippen LogP contribution in [0.2, 0.25) is 18.1 Å². The van der Waals surface area contributed by atoms with Gasteiger partial charge in [0.2, 0.25) is 0 Å². The van der Waals surface area contributed by atoms with Crippen molar-refractivity contribution in [3.63, 3.8) is 0 Å². The molecule has 2 rings (SSSR count). The van der Waals surface area contributed by atoms with Crippen LogP contribution < -0.4 is 0 Å². The molecule has 1 heterocycles. The van der Waals surface area contributed by atoms with Crippen molar-refractivity contribution in [2.45, 2.75) is 63.4 Å². The maximum absolute atomic E-state index is 13.3. The zero-order chi connectivity index (χ0) is 19.8. The van der Waals surface area contributed by atoms with Crippen molar-refractivity contribution in [3.8, 4) is 0 Å². The van der Waals surface area contributed by atoms with Crippen LogP contribution in [0, 0.1) is 0 Å². The Hall–Kier alpha value is -1.66. The Bertz CT molecular complexity index is 668. The van der Waals surface area contributed by atoms with Gasteiger partial charge in [-0.25, -0.2) is 4.79 Å². The molecule has 6 heteroatoms. The van der Waals surface area contributed by atoms with Gasteiger partial charge in [0.25, 0.3) is 5.91 Å². The Morgan fingerprint density at radius 3 is 2.35 bits per heavy atom. The van der Waals surface area contributed by atoms with Gasteiger partial charge >= 0.3 is 5.97 Å². The van der Waals surface area contributed by atoms with E-state index in [0.717, 1.165) is 5.56 Å². The molecule has 1 aliphatic heterocycles. The van der Waals surface area contributed by atoms with E-state index in [1.54, 1.807) is 7.05 Å². The van der Waals surface area contributed by atoms with Crippen molar-refractivity contribution in [3.05, 3.63) is 35.9 Å². The highest BCUT2D eigenvalue weighted by Crippen LogP contribution is 2.44. The number of ether oxygens (including phenoxy) is 1. The minimum atomic E-state index is -2.24. The summed E-state index contributed by atoms with van der Waals surface area (Å²) in [5.41, 5.74) is -0.00343. The number of likely N-dealkylation sites (tertiary alicyclic amines) is 1. The fourth-order valence-corrected chi connectivity index (χ4v) is 4.74. The SMILES string of the molecule is COC(=O)[C@H]1C[C@@](Cc2ccccc2)(O[Si](C)(C)C(C)(C)C)C(=O)N1C. The number of hydrogen-bond donors (Lipinski definition) is 0. The lowest BCUT2D eigenvalue weighted by Gasteiger charge is -2.43. The van der Waals surface area contributed by atoms with Crippen molar-refractivity contribution in [1.82, 2.24) is 4.90 Å². The van der Waals surface area contributed by atoms with E-state index in [0.29, 0.717) is 12.8 Å². The molecular weight excluding hydrogens is 346 g/mol. The largest absolute Gasteiger partial charge is 0.467 e. The molecule has 26 heavy (non-hydrogen) atoms. The van der Waals surface area contributed by atoms with Crippen molar-refractivity contribution < 1.29 is 18.8 Å². The van der Waals surface area contributed by atoms with E-state index >= 15 is 0 Å². The maximum atomic E-state index is 13.3. The Kier molecular flexibility index (Phi) is 5.68. The Morgan fingerprint density at radius 1 is 1.27 bits per heavy atom. The van der Waals surface area contributed by atoms with Crippen molar-refractivity contribution in [2.24, 2.45) is 0 Å². The molecule has 1 fully saturated rings. The number of carbonyl (C=O) groups is 2. The van der Waals surface area contributed by atoms with Crippen LogP contribution >= 0.6 is 0 Å². The Morgan fingerprint density at radius 2 is 1.85 bits per heavy atom. The second-order valence-electron chi connectivity index (χ2n) is 8.68. The number of hydrogen-bond acceptors (Lipinski definition) is 4. The first-order valence-electron chi connectivity index (χ1n) is 9.03. The third-order valence-electron chi connectivity index (χ3n) is 5.76. The number of methoxy groups -OCH3 is 1. The summed E-state index contributed by atoms with van der Waals surface area (Å²) in [7, 11) is 0.770. The van der Waals surface area contributed by atoms with Gasteiger partial charge in [0.05, 0.1) is 7.11 Å². The summed E-state index contributed by atoms with van der Waals surface area (Å²) in [6.45, 7) is 10.7. The highest BCUT2D eigenvalue weighted by atomic mass is 28.4. The average molecular weight is 378 g/mol.